The summed E-state index contributed by atoms with van der Waals surface area (Å²) in [5, 5.41) is 10.0. The molecular formula is C22H29N2O+. The number of hydrogen-bond donors (Lipinski definition) is 1. The third-order valence-electron chi connectivity index (χ3n) is 4.90. The maximum atomic E-state index is 10.0. The predicted octanol–water partition coefficient (Wildman–Crippen LogP) is 3.69. The fraction of sp³-hybridized carbons (Fsp3) is 0.409. The number of rotatable bonds is 7. The molecule has 25 heavy (non-hydrogen) atoms. The Hall–Kier alpha value is -2.13. The Morgan fingerprint density at radius 3 is 2.28 bits per heavy atom. The fourth-order valence-corrected chi connectivity index (χ4v) is 3.68. The van der Waals surface area contributed by atoms with E-state index in [0.29, 0.717) is 12.0 Å². The number of hydrogen-bond acceptors (Lipinski definition) is 2. The molecule has 1 aliphatic rings. The second-order valence-corrected chi connectivity index (χ2v) is 7.36. The van der Waals surface area contributed by atoms with Gasteiger partial charge >= 0.3 is 0 Å². The lowest BCUT2D eigenvalue weighted by Crippen LogP contribution is -2.31. The molecule has 132 valence electrons. The van der Waals surface area contributed by atoms with Crippen molar-refractivity contribution in [2.75, 3.05) is 13.2 Å². The summed E-state index contributed by atoms with van der Waals surface area (Å²) in [6.45, 7) is 6.58. The molecule has 1 heterocycles. The van der Waals surface area contributed by atoms with Crippen molar-refractivity contribution in [1.82, 2.24) is 4.90 Å². The monoisotopic (exact) mass is 337 g/mol. The van der Waals surface area contributed by atoms with Crippen molar-refractivity contribution in [3.05, 3.63) is 71.8 Å². The third-order valence-corrected chi connectivity index (χ3v) is 4.90. The van der Waals surface area contributed by atoms with Gasteiger partial charge in [-0.3, -0.25) is 9.48 Å². The van der Waals surface area contributed by atoms with Gasteiger partial charge in [0, 0.05) is 0 Å². The van der Waals surface area contributed by atoms with Gasteiger partial charge in [-0.1, -0.05) is 74.5 Å². The highest BCUT2D eigenvalue weighted by atomic mass is 16.3. The van der Waals surface area contributed by atoms with Crippen molar-refractivity contribution in [2.24, 2.45) is 5.92 Å². The largest absolute Gasteiger partial charge is 0.392 e. The maximum absolute atomic E-state index is 10.0. The minimum Gasteiger partial charge on any atom is -0.392 e. The summed E-state index contributed by atoms with van der Waals surface area (Å²) in [6, 6.07) is 21.5. The molecule has 1 N–H and O–H groups in total. The average molecular weight is 337 g/mol. The first kappa shape index (κ1) is 17.7. The zero-order chi connectivity index (χ0) is 17.6. The third kappa shape index (κ3) is 4.49. The van der Waals surface area contributed by atoms with Crippen LogP contribution in [0, 0.1) is 5.92 Å². The first-order valence-corrected chi connectivity index (χ1v) is 9.23. The first-order valence-electron chi connectivity index (χ1n) is 9.23. The molecule has 0 radical (unpaired) electrons. The molecule has 0 amide bonds. The second-order valence-electron chi connectivity index (χ2n) is 7.36. The lowest BCUT2D eigenvalue weighted by atomic mass is 10.0. The molecule has 0 saturated carbocycles. The Bertz CT molecular complexity index is 682. The van der Waals surface area contributed by atoms with E-state index in [1.165, 1.54) is 11.1 Å². The summed E-state index contributed by atoms with van der Waals surface area (Å²) in [5.74, 6) is 0.654. The molecular weight excluding hydrogens is 308 g/mol. The zero-order valence-corrected chi connectivity index (χ0v) is 15.3. The molecule has 0 saturated heterocycles. The van der Waals surface area contributed by atoms with Crippen LogP contribution in [0.25, 0.3) is 0 Å². The zero-order valence-electron chi connectivity index (χ0n) is 15.3. The highest BCUT2D eigenvalue weighted by Gasteiger charge is 2.35. The molecule has 3 heteroatoms. The van der Waals surface area contributed by atoms with Crippen LogP contribution in [0.5, 0.6) is 0 Å². The van der Waals surface area contributed by atoms with E-state index in [2.05, 4.69) is 72.1 Å². The van der Waals surface area contributed by atoms with Crippen molar-refractivity contribution >= 4 is 6.34 Å². The standard InChI is InChI=1S/C22H29N2O/c1-18(2)13-21-15-24(22(16-25)20-11-7-4-8-12-20)17-23(21)14-19-9-5-3-6-10-19/h3-12,17-18,21-22,25H,13-16H2,1-2H3/q+1/t21-,22+/m0/s1. The van der Waals surface area contributed by atoms with Crippen LogP contribution >= 0.6 is 0 Å². The molecule has 0 fully saturated rings. The number of nitrogens with zero attached hydrogens (tertiary/aromatic N) is 2. The van der Waals surface area contributed by atoms with E-state index in [4.69, 9.17) is 0 Å². The van der Waals surface area contributed by atoms with Crippen molar-refractivity contribution in [2.45, 2.75) is 38.9 Å². The van der Waals surface area contributed by atoms with Crippen LogP contribution in [-0.4, -0.2) is 40.1 Å². The van der Waals surface area contributed by atoms with E-state index < -0.39 is 0 Å². The minimum atomic E-state index is 0.0247. The topological polar surface area (TPSA) is 26.5 Å². The van der Waals surface area contributed by atoms with E-state index >= 15 is 0 Å². The van der Waals surface area contributed by atoms with Gasteiger partial charge in [0.2, 0.25) is 6.34 Å². The van der Waals surface area contributed by atoms with Gasteiger partial charge in [0.15, 0.2) is 0 Å². The van der Waals surface area contributed by atoms with Gasteiger partial charge in [0.05, 0.1) is 6.61 Å². The van der Waals surface area contributed by atoms with Crippen molar-refractivity contribution in [3.63, 3.8) is 0 Å². The molecule has 2 atom stereocenters. The second kappa shape index (κ2) is 8.30. The molecule has 2 aromatic carbocycles. The van der Waals surface area contributed by atoms with E-state index in [0.717, 1.165) is 19.5 Å². The highest BCUT2D eigenvalue weighted by Crippen LogP contribution is 2.25. The average Bonchev–Trinajstić information content (AvgIpc) is 2.99. The Morgan fingerprint density at radius 2 is 1.68 bits per heavy atom. The summed E-state index contributed by atoms with van der Waals surface area (Å²) < 4.78 is 2.45. The van der Waals surface area contributed by atoms with Crippen LogP contribution in [0.4, 0.5) is 0 Å². The van der Waals surface area contributed by atoms with Crippen molar-refractivity contribution < 1.29 is 9.68 Å². The van der Waals surface area contributed by atoms with Crippen LogP contribution in [0.3, 0.4) is 0 Å². The number of aliphatic hydroxyl groups excluding tert-OH is 1. The molecule has 0 aromatic heterocycles. The Kier molecular flexibility index (Phi) is 5.87. The van der Waals surface area contributed by atoms with Gasteiger partial charge in [-0.2, -0.15) is 0 Å². The normalized spacial score (nSPS) is 18.5. The van der Waals surface area contributed by atoms with Gasteiger partial charge in [0.1, 0.15) is 25.2 Å². The molecule has 3 rings (SSSR count). The molecule has 3 nitrogen and oxygen atoms in total. The van der Waals surface area contributed by atoms with Crippen molar-refractivity contribution in [1.29, 1.82) is 0 Å². The van der Waals surface area contributed by atoms with Gasteiger partial charge in [-0.05, 0) is 23.5 Å². The lowest BCUT2D eigenvalue weighted by molar-refractivity contribution is -0.569. The fourth-order valence-electron chi connectivity index (χ4n) is 3.68. The van der Waals surface area contributed by atoms with Gasteiger partial charge in [-0.25, -0.2) is 0 Å². The van der Waals surface area contributed by atoms with Gasteiger partial charge < -0.3 is 5.11 Å². The summed E-state index contributed by atoms with van der Waals surface area (Å²) >= 11 is 0. The molecule has 0 aliphatic carbocycles. The van der Waals surface area contributed by atoms with Crippen LogP contribution in [0.15, 0.2) is 60.7 Å². The Balaban J connectivity index is 1.82. The number of aliphatic hydroxyl groups is 1. The van der Waals surface area contributed by atoms with E-state index in [9.17, 15) is 5.11 Å². The van der Waals surface area contributed by atoms with Crippen molar-refractivity contribution in [3.8, 4) is 0 Å². The molecule has 1 aliphatic heterocycles. The Labute approximate surface area is 151 Å². The molecule has 0 unspecified atom stereocenters. The molecule has 2 aromatic rings. The van der Waals surface area contributed by atoms with E-state index in [1.54, 1.807) is 0 Å². The predicted molar refractivity (Wildman–Crippen MR) is 103 cm³/mol. The van der Waals surface area contributed by atoms with Crippen LogP contribution < -0.4 is 0 Å². The van der Waals surface area contributed by atoms with E-state index in [-0.39, 0.29) is 12.6 Å². The van der Waals surface area contributed by atoms with Crippen LogP contribution in [-0.2, 0) is 6.54 Å². The molecule has 0 bridgehead atoms. The Morgan fingerprint density at radius 1 is 1.04 bits per heavy atom. The summed E-state index contributed by atoms with van der Waals surface area (Å²) in [4.78, 5) is 2.31. The quantitative estimate of drug-likeness (QED) is 0.780. The summed E-state index contributed by atoms with van der Waals surface area (Å²) in [5.41, 5.74) is 2.50. The van der Waals surface area contributed by atoms with Crippen LogP contribution in [0.1, 0.15) is 37.4 Å². The van der Waals surface area contributed by atoms with Gasteiger partial charge in [0.25, 0.3) is 0 Å². The SMILES string of the molecule is CC(C)C[C@H]1CN([C@H](CO)c2ccccc2)C=[N+]1Cc1ccccc1. The highest BCUT2D eigenvalue weighted by molar-refractivity contribution is 5.52. The van der Waals surface area contributed by atoms with Crippen LogP contribution in [0.2, 0.25) is 0 Å². The van der Waals surface area contributed by atoms with E-state index in [1.807, 2.05) is 18.2 Å². The first-order chi connectivity index (χ1) is 12.2. The maximum Gasteiger partial charge on any atom is 0.235 e. The number of benzene rings is 2. The summed E-state index contributed by atoms with van der Waals surface area (Å²) in [7, 11) is 0. The molecule has 0 spiro atoms. The minimum absolute atomic E-state index is 0.0247. The summed E-state index contributed by atoms with van der Waals surface area (Å²) in [6.07, 6.45) is 3.39. The smallest absolute Gasteiger partial charge is 0.235 e. The lowest BCUT2D eigenvalue weighted by Gasteiger charge is -2.20. The van der Waals surface area contributed by atoms with Gasteiger partial charge in [-0.15, -0.1) is 0 Å².